The lowest BCUT2D eigenvalue weighted by Crippen LogP contribution is -1.91. The molecule has 3 aliphatic rings. The highest BCUT2D eigenvalue weighted by Crippen LogP contribution is 2.52. The Kier molecular flexibility index (Phi) is 20.7. The van der Waals surface area contributed by atoms with Gasteiger partial charge in [-0.2, -0.15) is 0 Å². The van der Waals surface area contributed by atoms with Crippen molar-refractivity contribution >= 4 is 85.0 Å². The number of para-hydroxylation sites is 1. The molecular formula is C135H88OS2. The van der Waals surface area contributed by atoms with Crippen LogP contribution >= 0.6 is 22.7 Å². The largest absolute Gasteiger partial charge is 0.456 e. The third-order valence-corrected chi connectivity index (χ3v) is 31.2. The maximum Gasteiger partial charge on any atom is 0.135 e. The number of benzene rings is 22. The van der Waals surface area contributed by atoms with Crippen molar-refractivity contribution in [2.45, 2.75) is 19.3 Å². The van der Waals surface area contributed by atoms with Crippen LogP contribution in [0.15, 0.2) is 502 Å². The fourth-order valence-corrected chi connectivity index (χ4v) is 24.4. The second kappa shape index (κ2) is 34.8. The van der Waals surface area contributed by atoms with E-state index in [4.69, 9.17) is 4.42 Å². The monoisotopic (exact) mass is 1790 g/mol. The van der Waals surface area contributed by atoms with Gasteiger partial charge in [0.05, 0.1) is 0 Å². The summed E-state index contributed by atoms with van der Waals surface area (Å²) in [5, 5.41) is 7.70. The van der Waals surface area contributed by atoms with Crippen LogP contribution in [0.2, 0.25) is 0 Å². The van der Waals surface area contributed by atoms with Crippen molar-refractivity contribution in [1.29, 1.82) is 0 Å². The Labute approximate surface area is 811 Å². The fourth-order valence-electron chi connectivity index (χ4n) is 21.9. The lowest BCUT2D eigenvalue weighted by molar-refractivity contribution is 0.669. The predicted molar refractivity (Wildman–Crippen MR) is 588 cm³/mol. The first kappa shape index (κ1) is 81.8. The highest BCUT2D eigenvalue weighted by molar-refractivity contribution is 7.26. The molecule has 138 heavy (non-hydrogen) atoms. The van der Waals surface area contributed by atoms with E-state index < -0.39 is 0 Å². The lowest BCUT2D eigenvalue weighted by atomic mass is 9.92. The first-order valence-corrected chi connectivity index (χ1v) is 49.4. The molecule has 3 aromatic heterocycles. The minimum atomic E-state index is 0.914. The van der Waals surface area contributed by atoms with E-state index in [1.54, 1.807) is 0 Å². The zero-order valence-corrected chi connectivity index (χ0v) is 77.3. The zero-order chi connectivity index (χ0) is 91.1. The van der Waals surface area contributed by atoms with Crippen molar-refractivity contribution in [3.8, 4) is 178 Å². The van der Waals surface area contributed by atoms with E-state index in [0.717, 1.165) is 35.8 Å². The molecular weight excluding hydrogens is 1700 g/mol. The summed E-state index contributed by atoms with van der Waals surface area (Å²) in [7, 11) is 0. The van der Waals surface area contributed by atoms with Crippen LogP contribution in [0.3, 0.4) is 0 Å². The Bertz CT molecular complexity index is 9060. The zero-order valence-electron chi connectivity index (χ0n) is 75.7. The molecule has 0 bridgehead atoms. The van der Waals surface area contributed by atoms with E-state index in [0.29, 0.717) is 0 Å². The molecule has 1 nitrogen and oxygen atoms in total. The van der Waals surface area contributed by atoms with Crippen LogP contribution in [0.4, 0.5) is 0 Å². The Morgan fingerprint density at radius 1 is 0.138 bits per heavy atom. The Balaban J connectivity index is 0.000000107. The van der Waals surface area contributed by atoms with E-state index >= 15 is 0 Å². The van der Waals surface area contributed by atoms with E-state index in [9.17, 15) is 0 Å². The highest BCUT2D eigenvalue weighted by Gasteiger charge is 2.29. The molecule has 25 aromatic rings. The fraction of sp³-hybridized carbons (Fsp3) is 0.0222. The van der Waals surface area contributed by atoms with Gasteiger partial charge in [-0.1, -0.05) is 437 Å². The van der Waals surface area contributed by atoms with Crippen molar-refractivity contribution in [3.05, 3.63) is 531 Å². The number of fused-ring (bicyclic) bond motifs is 18. The topological polar surface area (TPSA) is 13.1 Å². The second-order valence-electron chi connectivity index (χ2n) is 36.6. The maximum atomic E-state index is 6.12. The van der Waals surface area contributed by atoms with Gasteiger partial charge in [-0.05, 0) is 291 Å². The van der Waals surface area contributed by atoms with Crippen molar-refractivity contribution < 1.29 is 4.42 Å². The summed E-state index contributed by atoms with van der Waals surface area (Å²) in [6, 6.07) is 182. The van der Waals surface area contributed by atoms with E-state index in [2.05, 4.69) is 485 Å². The van der Waals surface area contributed by atoms with Crippen LogP contribution in [0, 0.1) is 0 Å². The van der Waals surface area contributed by atoms with Crippen LogP contribution in [-0.2, 0) is 19.3 Å². The van der Waals surface area contributed by atoms with Gasteiger partial charge in [-0.15, -0.1) is 22.7 Å². The average molecular weight is 1790 g/mol. The summed E-state index contributed by atoms with van der Waals surface area (Å²) in [4.78, 5) is 0. The summed E-state index contributed by atoms with van der Waals surface area (Å²) in [5.74, 6) is 0. The van der Waals surface area contributed by atoms with Gasteiger partial charge in [-0.3, -0.25) is 0 Å². The molecule has 0 amide bonds. The summed E-state index contributed by atoms with van der Waals surface area (Å²) < 4.78 is 11.5. The van der Waals surface area contributed by atoms with Gasteiger partial charge >= 0.3 is 0 Å². The molecule has 0 N–H and O–H groups in total. The number of furan rings is 1. The first-order valence-electron chi connectivity index (χ1n) is 47.7. The van der Waals surface area contributed by atoms with Gasteiger partial charge in [-0.25, -0.2) is 0 Å². The van der Waals surface area contributed by atoms with Gasteiger partial charge in [0.15, 0.2) is 0 Å². The standard InChI is InChI=1S/C49H32S.C43H28O.C43H28S/c1-2-11-32(12-3-1)33-25-27-34(28-26-33)35-13-6-14-36(29-35)39-18-8-21-42-43-22-9-19-40(47(43)31-46(39)42)37-15-7-16-38(30-37)41-20-10-23-45-44-17-4-5-24-48(44)50-49(41)45;1-2-9-28(10-3-1)29-19-21-30(22-20-29)31-11-6-12-32(25-31)34-14-7-16-36-37-17-8-15-35(40(37)27-39(34)36)33-23-24-43-41(26-33)38-13-4-5-18-42(38)44-43;1-2-9-28(10-3-1)29-19-21-30(22-20-29)31-11-6-12-32(25-31)35-14-7-16-37-40-26-33(23-24-34(40)27-41(35)37)36-15-8-17-39-38-13-4-5-18-42(38)44-43(36)39/h1-30H,31H2;2*1-26H,27H2. The van der Waals surface area contributed by atoms with Gasteiger partial charge in [0.25, 0.3) is 0 Å². The summed E-state index contributed by atoms with van der Waals surface area (Å²) in [5.41, 5.74) is 51.4. The summed E-state index contributed by atoms with van der Waals surface area (Å²) in [6.07, 6.45) is 2.80. The first-order chi connectivity index (χ1) is 68.4. The molecule has 0 saturated heterocycles. The van der Waals surface area contributed by atoms with E-state index in [1.807, 2.05) is 34.8 Å². The molecule has 3 heteroatoms. The molecule has 646 valence electrons. The van der Waals surface area contributed by atoms with Crippen LogP contribution in [-0.4, -0.2) is 0 Å². The third-order valence-electron chi connectivity index (χ3n) is 28.7. The number of thiophene rings is 2. The van der Waals surface area contributed by atoms with Crippen LogP contribution in [0.1, 0.15) is 33.4 Å². The number of hydrogen-bond acceptors (Lipinski definition) is 3. The van der Waals surface area contributed by atoms with Gasteiger partial charge in [0, 0.05) is 51.1 Å². The highest BCUT2D eigenvalue weighted by atomic mass is 32.1. The smallest absolute Gasteiger partial charge is 0.135 e. The molecule has 0 unspecified atom stereocenters. The number of rotatable bonds is 13. The van der Waals surface area contributed by atoms with Gasteiger partial charge < -0.3 is 4.42 Å². The quantitative estimate of drug-likeness (QED) is 0.112. The van der Waals surface area contributed by atoms with E-state index in [1.165, 1.54) is 257 Å². The molecule has 0 saturated carbocycles. The summed E-state index contributed by atoms with van der Waals surface area (Å²) >= 11 is 3.80. The SMILES string of the molecule is c1ccc(-c2ccc(-c3cccc(-c4cccc5c4Cc4c(-c6ccc7oc8ccccc8c7c6)cccc4-5)c3)cc2)cc1.c1ccc(-c2ccc(-c3cccc(-c4cccc5c4Cc4c(-c6cccc(-c7cccc8c7sc7ccccc78)c6)cccc4-5)c3)cc2)cc1.c1ccc(-c2ccc(-c3cccc(-c4cccc5c4Cc4ccc(-c6cccc7c6sc6ccccc67)cc4-5)c3)cc2)cc1. The van der Waals surface area contributed by atoms with Crippen molar-refractivity contribution in [2.75, 3.05) is 0 Å². The van der Waals surface area contributed by atoms with Crippen LogP contribution < -0.4 is 0 Å². The molecule has 0 spiro atoms. The van der Waals surface area contributed by atoms with Crippen molar-refractivity contribution in [3.63, 3.8) is 0 Å². The predicted octanol–water partition coefficient (Wildman–Crippen LogP) is 38.1. The second-order valence-corrected chi connectivity index (χ2v) is 38.7. The van der Waals surface area contributed by atoms with Crippen LogP contribution in [0.5, 0.6) is 0 Å². The summed E-state index contributed by atoms with van der Waals surface area (Å²) in [6.45, 7) is 0. The Morgan fingerprint density at radius 2 is 0.384 bits per heavy atom. The average Bonchev–Trinajstić information content (AvgIpc) is 1.62. The Hall–Kier alpha value is -16.9. The molecule has 3 heterocycles. The lowest BCUT2D eigenvalue weighted by Gasteiger charge is -2.12. The molecule has 22 aromatic carbocycles. The molecule has 0 fully saturated rings. The van der Waals surface area contributed by atoms with Gasteiger partial charge in [0.2, 0.25) is 0 Å². The molecule has 0 radical (unpaired) electrons. The minimum absolute atomic E-state index is 0.914. The van der Waals surface area contributed by atoms with Crippen LogP contribution in [0.25, 0.3) is 240 Å². The maximum absolute atomic E-state index is 6.12. The molecule has 28 rings (SSSR count). The normalized spacial score (nSPS) is 12.0. The molecule has 3 aliphatic carbocycles. The minimum Gasteiger partial charge on any atom is -0.456 e. The molecule has 0 aliphatic heterocycles. The number of hydrogen-bond donors (Lipinski definition) is 0. The molecule has 0 atom stereocenters. The van der Waals surface area contributed by atoms with Crippen molar-refractivity contribution in [2.24, 2.45) is 0 Å². The Morgan fingerprint density at radius 3 is 0.790 bits per heavy atom. The van der Waals surface area contributed by atoms with E-state index in [-0.39, 0.29) is 0 Å². The third kappa shape index (κ3) is 14.9. The van der Waals surface area contributed by atoms with Gasteiger partial charge in [0.1, 0.15) is 11.2 Å². The van der Waals surface area contributed by atoms with Crippen molar-refractivity contribution in [1.82, 2.24) is 0 Å².